The maximum absolute atomic E-state index is 12.2. The lowest BCUT2D eigenvalue weighted by atomic mass is 9.93. The van der Waals surface area contributed by atoms with Crippen molar-refractivity contribution in [2.45, 2.75) is 57.6 Å². The average molecular weight is 482 g/mol. The molecule has 1 aliphatic carbocycles. The molecule has 1 aliphatic heterocycles. The van der Waals surface area contributed by atoms with Gasteiger partial charge in [-0.3, -0.25) is 4.79 Å². The number of nitrogens with one attached hydrogen (secondary N) is 2. The zero-order valence-electron chi connectivity index (χ0n) is 21.0. The lowest BCUT2D eigenvalue weighted by Gasteiger charge is -2.32. The van der Waals surface area contributed by atoms with Gasteiger partial charge in [-0.2, -0.15) is 0 Å². The summed E-state index contributed by atoms with van der Waals surface area (Å²) in [6.07, 6.45) is 4.72. The molecule has 2 fully saturated rings. The van der Waals surface area contributed by atoms with Gasteiger partial charge in [0.05, 0.1) is 11.8 Å². The highest BCUT2D eigenvalue weighted by Crippen LogP contribution is 2.26. The molecule has 4 rings (SSSR count). The SMILES string of the molecule is CCc1nc(C(N)=O)c(Nc2ccc(CCN3CCN(C)CC3)cc2)nc1NC1CCC(O)CC1. The van der Waals surface area contributed by atoms with Crippen LogP contribution in [0, 0.1) is 0 Å². The topological polar surface area (TPSA) is 120 Å². The van der Waals surface area contributed by atoms with Crippen LogP contribution in [0.4, 0.5) is 17.3 Å². The van der Waals surface area contributed by atoms with Crippen LogP contribution in [0.1, 0.15) is 54.4 Å². The van der Waals surface area contributed by atoms with Crippen molar-refractivity contribution in [1.29, 1.82) is 0 Å². The molecule has 2 aromatic rings. The number of nitrogens with zero attached hydrogens (tertiary/aromatic N) is 4. The van der Waals surface area contributed by atoms with Crippen LogP contribution in [-0.4, -0.2) is 82.7 Å². The molecule has 1 amide bonds. The van der Waals surface area contributed by atoms with Crippen molar-refractivity contribution in [3.05, 3.63) is 41.2 Å². The molecule has 0 bridgehead atoms. The van der Waals surface area contributed by atoms with Crippen molar-refractivity contribution in [3.8, 4) is 0 Å². The summed E-state index contributed by atoms with van der Waals surface area (Å²) < 4.78 is 0. The Morgan fingerprint density at radius 2 is 1.74 bits per heavy atom. The molecule has 0 atom stereocenters. The monoisotopic (exact) mass is 481 g/mol. The second-order valence-electron chi connectivity index (χ2n) is 9.80. The van der Waals surface area contributed by atoms with E-state index in [-0.39, 0.29) is 17.8 Å². The number of rotatable bonds is 9. The average Bonchev–Trinajstić information content (AvgIpc) is 2.86. The van der Waals surface area contributed by atoms with E-state index in [0.29, 0.717) is 18.1 Å². The van der Waals surface area contributed by atoms with Crippen LogP contribution in [-0.2, 0) is 12.8 Å². The minimum atomic E-state index is -0.606. The van der Waals surface area contributed by atoms with Crippen LogP contribution in [0.25, 0.3) is 0 Å². The lowest BCUT2D eigenvalue weighted by molar-refractivity contribution is 0.0996. The van der Waals surface area contributed by atoms with E-state index in [2.05, 4.69) is 44.6 Å². The third-order valence-electron chi connectivity index (χ3n) is 7.10. The maximum atomic E-state index is 12.2. The first kappa shape index (κ1) is 25.3. The number of likely N-dealkylation sites (N-methyl/N-ethyl adjacent to an activating group) is 1. The first-order valence-electron chi connectivity index (χ1n) is 12.8. The van der Waals surface area contributed by atoms with E-state index in [4.69, 9.17) is 10.7 Å². The van der Waals surface area contributed by atoms with Gasteiger partial charge in [0.25, 0.3) is 5.91 Å². The highest BCUT2D eigenvalue weighted by molar-refractivity contribution is 5.96. The Morgan fingerprint density at radius 1 is 1.06 bits per heavy atom. The largest absolute Gasteiger partial charge is 0.393 e. The number of primary amides is 1. The highest BCUT2D eigenvalue weighted by atomic mass is 16.3. The number of piperazine rings is 1. The molecular weight excluding hydrogens is 442 g/mol. The summed E-state index contributed by atoms with van der Waals surface area (Å²) >= 11 is 0. The molecule has 2 heterocycles. The summed E-state index contributed by atoms with van der Waals surface area (Å²) in [4.78, 5) is 26.3. The molecule has 0 spiro atoms. The van der Waals surface area contributed by atoms with Gasteiger partial charge in [0, 0.05) is 44.5 Å². The van der Waals surface area contributed by atoms with Crippen LogP contribution >= 0.6 is 0 Å². The molecule has 9 nitrogen and oxygen atoms in total. The number of anilines is 3. The van der Waals surface area contributed by atoms with Crippen LogP contribution in [0.3, 0.4) is 0 Å². The Bertz CT molecular complexity index is 982. The molecule has 0 radical (unpaired) electrons. The quantitative estimate of drug-likeness (QED) is 0.431. The van der Waals surface area contributed by atoms with Crippen LogP contribution < -0.4 is 16.4 Å². The number of aromatic nitrogens is 2. The van der Waals surface area contributed by atoms with Gasteiger partial charge in [-0.1, -0.05) is 19.1 Å². The molecule has 1 aromatic carbocycles. The smallest absolute Gasteiger partial charge is 0.271 e. The van der Waals surface area contributed by atoms with Gasteiger partial charge in [-0.25, -0.2) is 9.97 Å². The Labute approximate surface area is 208 Å². The molecule has 2 aliphatic rings. The molecule has 5 N–H and O–H groups in total. The molecular formula is C26H39N7O2. The first-order chi connectivity index (χ1) is 16.9. The Morgan fingerprint density at radius 3 is 2.37 bits per heavy atom. The van der Waals surface area contributed by atoms with E-state index in [1.54, 1.807) is 0 Å². The molecule has 1 saturated carbocycles. The van der Waals surface area contributed by atoms with E-state index in [0.717, 1.165) is 76.2 Å². The fourth-order valence-corrected chi connectivity index (χ4v) is 4.75. The van der Waals surface area contributed by atoms with E-state index in [1.165, 1.54) is 5.56 Å². The van der Waals surface area contributed by atoms with E-state index < -0.39 is 5.91 Å². The van der Waals surface area contributed by atoms with Crippen molar-refractivity contribution in [3.63, 3.8) is 0 Å². The Hall–Kier alpha value is -2.75. The molecule has 1 saturated heterocycles. The van der Waals surface area contributed by atoms with Crippen molar-refractivity contribution in [1.82, 2.24) is 19.8 Å². The number of aliphatic hydroxyl groups is 1. The van der Waals surface area contributed by atoms with Crippen molar-refractivity contribution < 1.29 is 9.90 Å². The number of carbonyl (C=O) groups excluding carboxylic acids is 1. The summed E-state index contributed by atoms with van der Waals surface area (Å²) in [6.45, 7) is 7.54. The van der Waals surface area contributed by atoms with Crippen LogP contribution in [0.5, 0.6) is 0 Å². The van der Waals surface area contributed by atoms with Crippen molar-refractivity contribution in [2.24, 2.45) is 5.73 Å². The van der Waals surface area contributed by atoms with Gasteiger partial charge in [-0.05, 0) is 63.3 Å². The first-order valence-corrected chi connectivity index (χ1v) is 12.8. The van der Waals surface area contributed by atoms with Gasteiger partial charge in [-0.15, -0.1) is 0 Å². The maximum Gasteiger partial charge on any atom is 0.271 e. The second-order valence-corrected chi connectivity index (χ2v) is 9.80. The number of aliphatic hydroxyl groups excluding tert-OH is 1. The number of hydrogen-bond acceptors (Lipinski definition) is 8. The molecule has 190 valence electrons. The molecule has 9 heteroatoms. The predicted octanol–water partition coefficient (Wildman–Crippen LogP) is 2.39. The predicted molar refractivity (Wildman–Crippen MR) is 139 cm³/mol. The van der Waals surface area contributed by atoms with E-state index in [1.807, 2.05) is 19.1 Å². The van der Waals surface area contributed by atoms with Gasteiger partial charge >= 0.3 is 0 Å². The fourth-order valence-electron chi connectivity index (χ4n) is 4.75. The van der Waals surface area contributed by atoms with Gasteiger partial charge in [0.15, 0.2) is 11.5 Å². The summed E-state index contributed by atoms with van der Waals surface area (Å²) in [6, 6.07) is 8.47. The molecule has 35 heavy (non-hydrogen) atoms. The van der Waals surface area contributed by atoms with Crippen molar-refractivity contribution >= 4 is 23.2 Å². The Balaban J connectivity index is 1.44. The highest BCUT2D eigenvalue weighted by Gasteiger charge is 2.23. The number of carbonyl (C=O) groups is 1. The number of aryl methyl sites for hydroxylation is 1. The van der Waals surface area contributed by atoms with Gasteiger partial charge < -0.3 is 31.3 Å². The summed E-state index contributed by atoms with van der Waals surface area (Å²) in [5.74, 6) is 0.425. The number of amides is 1. The van der Waals surface area contributed by atoms with Crippen LogP contribution in [0.15, 0.2) is 24.3 Å². The molecule has 0 unspecified atom stereocenters. The number of hydrogen-bond donors (Lipinski definition) is 4. The summed E-state index contributed by atoms with van der Waals surface area (Å²) in [5, 5.41) is 16.6. The lowest BCUT2D eigenvalue weighted by Crippen LogP contribution is -2.45. The van der Waals surface area contributed by atoms with E-state index >= 15 is 0 Å². The normalized spacial score (nSPS) is 21.6. The third-order valence-corrected chi connectivity index (χ3v) is 7.10. The standard InChI is InChI=1S/C26H39N7O2/c1-3-22-25(28-20-8-10-21(34)11-9-20)31-26(23(30-22)24(27)35)29-19-6-4-18(5-7-19)12-13-33-16-14-32(2)15-17-33/h4-7,20-21,34H,3,8-17H2,1-2H3,(H2,27,35)(H2,28,29,31). The summed E-state index contributed by atoms with van der Waals surface area (Å²) in [5.41, 5.74) is 8.62. The van der Waals surface area contributed by atoms with Gasteiger partial charge in [0.1, 0.15) is 5.82 Å². The zero-order valence-corrected chi connectivity index (χ0v) is 21.0. The number of benzene rings is 1. The second kappa shape index (κ2) is 11.8. The van der Waals surface area contributed by atoms with Crippen LogP contribution in [0.2, 0.25) is 0 Å². The third kappa shape index (κ3) is 6.90. The molecule has 1 aromatic heterocycles. The minimum absolute atomic E-state index is 0.144. The Kier molecular flexibility index (Phi) is 8.54. The summed E-state index contributed by atoms with van der Waals surface area (Å²) in [7, 11) is 2.17. The number of nitrogens with two attached hydrogens (primary N) is 1. The van der Waals surface area contributed by atoms with Crippen molar-refractivity contribution in [2.75, 3.05) is 50.4 Å². The van der Waals surface area contributed by atoms with Gasteiger partial charge in [0.2, 0.25) is 0 Å². The fraction of sp³-hybridized carbons (Fsp3) is 0.577. The van der Waals surface area contributed by atoms with E-state index in [9.17, 15) is 9.90 Å². The zero-order chi connectivity index (χ0) is 24.8. The minimum Gasteiger partial charge on any atom is -0.393 e.